The highest BCUT2D eigenvalue weighted by atomic mass is 19.4. The van der Waals surface area contributed by atoms with Gasteiger partial charge in [0.05, 0.1) is 28.2 Å². The maximum Gasteiger partial charge on any atom is 0.433 e. The first-order valence-corrected chi connectivity index (χ1v) is 12.0. The molecule has 1 saturated carbocycles. The molecule has 1 aliphatic carbocycles. The lowest BCUT2D eigenvalue weighted by Crippen LogP contribution is -2.26. The fourth-order valence-electron chi connectivity index (χ4n) is 5.35. The summed E-state index contributed by atoms with van der Waals surface area (Å²) in [5, 5.41) is 7.29. The predicted octanol–water partition coefficient (Wildman–Crippen LogP) is 7.36. The molecule has 3 aromatic heterocycles. The molecule has 36 heavy (non-hydrogen) atoms. The zero-order valence-electron chi connectivity index (χ0n) is 19.4. The number of rotatable bonds is 4. The molecule has 1 fully saturated rings. The number of hydrogen-bond donors (Lipinski definition) is 0. The zero-order chi connectivity index (χ0) is 24.8. The SMILES string of the molecule is FC(F)(F)c1cc(-c2cccc(C3(c4ccn(-c5cccc6ccccc56)n4)CCCC3)n2)ccn1. The maximum atomic E-state index is 13.2. The Balaban J connectivity index is 1.42. The first kappa shape index (κ1) is 22.5. The summed E-state index contributed by atoms with van der Waals surface area (Å²) in [5.74, 6) is 0. The molecule has 180 valence electrons. The lowest BCUT2D eigenvalue weighted by Gasteiger charge is -2.27. The number of benzene rings is 2. The molecule has 7 heteroatoms. The van der Waals surface area contributed by atoms with Crippen LogP contribution in [0.1, 0.15) is 42.8 Å². The standard InChI is InChI=1S/C29H23F3N4/c30-29(31,32)27-19-21(13-17-33-27)23-10-6-12-25(34-23)28(15-3-4-16-28)26-14-18-36(35-26)24-11-5-8-20-7-1-2-9-22(20)24/h1-2,5-14,17-19H,3-4,15-16H2. The fraction of sp³-hybridized carbons (Fsp3) is 0.207. The summed E-state index contributed by atoms with van der Waals surface area (Å²) < 4.78 is 41.6. The molecule has 0 amide bonds. The van der Waals surface area contributed by atoms with Crippen molar-refractivity contribution in [1.29, 1.82) is 0 Å². The number of pyridine rings is 2. The van der Waals surface area contributed by atoms with Gasteiger partial charge in [-0.15, -0.1) is 0 Å². The van der Waals surface area contributed by atoms with E-state index in [1.807, 2.05) is 41.2 Å². The van der Waals surface area contributed by atoms with Crippen molar-refractivity contribution in [1.82, 2.24) is 19.7 Å². The average Bonchev–Trinajstić information content (AvgIpc) is 3.59. The van der Waals surface area contributed by atoms with E-state index in [0.717, 1.165) is 59.6 Å². The molecule has 6 rings (SSSR count). The van der Waals surface area contributed by atoms with Crippen molar-refractivity contribution in [3.05, 3.63) is 108 Å². The number of nitrogens with zero attached hydrogens (tertiary/aromatic N) is 4. The molecule has 5 aromatic rings. The minimum atomic E-state index is -4.51. The van der Waals surface area contributed by atoms with Gasteiger partial charge in [-0.25, -0.2) is 4.68 Å². The third-order valence-corrected chi connectivity index (χ3v) is 7.14. The van der Waals surface area contributed by atoms with Gasteiger partial charge in [0.1, 0.15) is 5.69 Å². The second-order valence-electron chi connectivity index (χ2n) is 9.27. The Labute approximate surface area is 206 Å². The number of fused-ring (bicyclic) bond motifs is 1. The Bertz CT molecular complexity index is 1540. The van der Waals surface area contributed by atoms with Crippen molar-refractivity contribution in [3.8, 4) is 16.9 Å². The number of alkyl halides is 3. The molecule has 3 heterocycles. The molecule has 0 spiro atoms. The maximum absolute atomic E-state index is 13.2. The summed E-state index contributed by atoms with van der Waals surface area (Å²) >= 11 is 0. The van der Waals surface area contributed by atoms with Crippen molar-refractivity contribution in [3.63, 3.8) is 0 Å². The van der Waals surface area contributed by atoms with E-state index in [0.29, 0.717) is 11.3 Å². The smallest absolute Gasteiger partial charge is 0.252 e. The summed E-state index contributed by atoms with van der Waals surface area (Å²) in [6, 6.07) is 24.6. The summed E-state index contributed by atoms with van der Waals surface area (Å²) in [6.45, 7) is 0. The lowest BCUT2D eigenvalue weighted by molar-refractivity contribution is -0.141. The minimum absolute atomic E-state index is 0.383. The van der Waals surface area contributed by atoms with Crippen LogP contribution < -0.4 is 0 Å². The van der Waals surface area contributed by atoms with E-state index in [1.54, 1.807) is 12.1 Å². The Morgan fingerprint density at radius 1 is 0.806 bits per heavy atom. The average molecular weight is 485 g/mol. The van der Waals surface area contributed by atoms with E-state index < -0.39 is 11.9 Å². The minimum Gasteiger partial charge on any atom is -0.252 e. The van der Waals surface area contributed by atoms with E-state index in [1.165, 1.54) is 6.20 Å². The van der Waals surface area contributed by atoms with Crippen LogP contribution in [0.15, 0.2) is 91.3 Å². The van der Waals surface area contributed by atoms with Crippen LogP contribution in [0, 0.1) is 0 Å². The van der Waals surface area contributed by atoms with Crippen LogP contribution in [0.3, 0.4) is 0 Å². The molecule has 0 saturated heterocycles. The van der Waals surface area contributed by atoms with Gasteiger partial charge < -0.3 is 0 Å². The predicted molar refractivity (Wildman–Crippen MR) is 133 cm³/mol. The van der Waals surface area contributed by atoms with Crippen LogP contribution in [-0.2, 0) is 11.6 Å². The molecule has 0 N–H and O–H groups in total. The Hall–Kier alpha value is -4.00. The molecule has 0 radical (unpaired) electrons. The summed E-state index contributed by atoms with van der Waals surface area (Å²) in [4.78, 5) is 8.37. The highest BCUT2D eigenvalue weighted by Crippen LogP contribution is 2.45. The van der Waals surface area contributed by atoms with E-state index >= 15 is 0 Å². The van der Waals surface area contributed by atoms with E-state index in [-0.39, 0.29) is 5.41 Å². The van der Waals surface area contributed by atoms with Gasteiger partial charge in [0.15, 0.2) is 0 Å². The van der Waals surface area contributed by atoms with Crippen molar-refractivity contribution in [2.45, 2.75) is 37.3 Å². The van der Waals surface area contributed by atoms with Crippen molar-refractivity contribution in [2.24, 2.45) is 0 Å². The third kappa shape index (κ3) is 3.85. The Kier molecular flexibility index (Phi) is 5.36. The zero-order valence-corrected chi connectivity index (χ0v) is 19.4. The monoisotopic (exact) mass is 484 g/mol. The van der Waals surface area contributed by atoms with E-state index in [4.69, 9.17) is 10.1 Å². The summed E-state index contributed by atoms with van der Waals surface area (Å²) in [6.07, 6.45) is 2.53. The van der Waals surface area contributed by atoms with Crippen LogP contribution in [0.2, 0.25) is 0 Å². The van der Waals surface area contributed by atoms with Gasteiger partial charge in [-0.05, 0) is 54.6 Å². The molecular formula is C29H23F3N4. The van der Waals surface area contributed by atoms with Crippen LogP contribution in [-0.4, -0.2) is 19.7 Å². The highest BCUT2D eigenvalue weighted by molar-refractivity contribution is 5.90. The van der Waals surface area contributed by atoms with Gasteiger partial charge in [0.2, 0.25) is 0 Å². The molecular weight excluding hydrogens is 461 g/mol. The second kappa shape index (κ2) is 8.59. The topological polar surface area (TPSA) is 43.6 Å². The number of halogens is 3. The quantitative estimate of drug-likeness (QED) is 0.268. The van der Waals surface area contributed by atoms with Crippen molar-refractivity contribution >= 4 is 10.8 Å². The van der Waals surface area contributed by atoms with Gasteiger partial charge in [-0.2, -0.15) is 18.3 Å². The first-order chi connectivity index (χ1) is 17.4. The molecule has 4 nitrogen and oxygen atoms in total. The van der Waals surface area contributed by atoms with Crippen LogP contribution in [0.5, 0.6) is 0 Å². The van der Waals surface area contributed by atoms with Gasteiger partial charge in [0, 0.05) is 23.3 Å². The summed E-state index contributed by atoms with van der Waals surface area (Å²) in [5.41, 5.74) is 2.37. The molecule has 0 unspecified atom stereocenters. The molecule has 0 aliphatic heterocycles. The second-order valence-corrected chi connectivity index (χ2v) is 9.27. The third-order valence-electron chi connectivity index (χ3n) is 7.14. The normalized spacial score (nSPS) is 15.4. The number of hydrogen-bond acceptors (Lipinski definition) is 3. The van der Waals surface area contributed by atoms with Crippen LogP contribution in [0.25, 0.3) is 27.7 Å². The molecule has 2 aromatic carbocycles. The fourth-order valence-corrected chi connectivity index (χ4v) is 5.35. The largest absolute Gasteiger partial charge is 0.433 e. The Morgan fingerprint density at radius 3 is 2.42 bits per heavy atom. The van der Waals surface area contributed by atoms with Crippen molar-refractivity contribution in [2.75, 3.05) is 0 Å². The van der Waals surface area contributed by atoms with E-state index in [9.17, 15) is 13.2 Å². The van der Waals surface area contributed by atoms with E-state index in [2.05, 4.69) is 35.3 Å². The molecule has 1 aliphatic rings. The van der Waals surface area contributed by atoms with Crippen LogP contribution >= 0.6 is 0 Å². The van der Waals surface area contributed by atoms with Gasteiger partial charge in [-0.1, -0.05) is 55.3 Å². The van der Waals surface area contributed by atoms with Gasteiger partial charge in [-0.3, -0.25) is 9.97 Å². The van der Waals surface area contributed by atoms with Gasteiger partial charge >= 0.3 is 6.18 Å². The van der Waals surface area contributed by atoms with Crippen molar-refractivity contribution < 1.29 is 13.2 Å². The first-order valence-electron chi connectivity index (χ1n) is 12.0. The van der Waals surface area contributed by atoms with Gasteiger partial charge in [0.25, 0.3) is 0 Å². The van der Waals surface area contributed by atoms with Crippen LogP contribution in [0.4, 0.5) is 13.2 Å². The Morgan fingerprint density at radius 2 is 1.58 bits per heavy atom. The molecule has 0 bridgehead atoms. The lowest BCUT2D eigenvalue weighted by atomic mass is 9.79. The summed E-state index contributed by atoms with van der Waals surface area (Å²) in [7, 11) is 0. The highest BCUT2D eigenvalue weighted by Gasteiger charge is 2.41. The molecule has 0 atom stereocenters. The number of aromatic nitrogens is 4.